The Balaban J connectivity index is 3.87. The van der Waals surface area contributed by atoms with E-state index in [1.165, 1.54) is 0 Å². The minimum Gasteiger partial charge on any atom is -0.463 e. The molecule has 0 heterocycles. The zero-order valence-electron chi connectivity index (χ0n) is 8.50. The van der Waals surface area contributed by atoms with Gasteiger partial charge in [-0.2, -0.15) is 0 Å². The van der Waals surface area contributed by atoms with Crippen molar-refractivity contribution in [2.45, 2.75) is 38.1 Å². The largest absolute Gasteiger partial charge is 0.463 e. The minimum atomic E-state index is -1.68. The highest BCUT2D eigenvalue weighted by Gasteiger charge is 2.25. The van der Waals surface area contributed by atoms with Crippen molar-refractivity contribution in [1.29, 1.82) is 0 Å². The van der Waals surface area contributed by atoms with Gasteiger partial charge in [-0.25, -0.2) is 0 Å². The number of aliphatic hydroxyl groups excluding tert-OH is 3. The Kier molecular flexibility index (Phi) is 6.85. The molecule has 6 heteroatoms. The van der Waals surface area contributed by atoms with E-state index in [1.54, 1.807) is 6.92 Å². The summed E-state index contributed by atoms with van der Waals surface area (Å²) in [5, 5.41) is 27.1. The molecule has 0 aliphatic rings. The van der Waals surface area contributed by atoms with Gasteiger partial charge < -0.3 is 24.9 Å². The van der Waals surface area contributed by atoms with E-state index in [0.717, 1.165) is 0 Å². The summed E-state index contributed by atoms with van der Waals surface area (Å²) in [5.74, 6) is -0.496. The van der Waals surface area contributed by atoms with E-state index in [-0.39, 0.29) is 12.7 Å². The van der Waals surface area contributed by atoms with Crippen molar-refractivity contribution in [2.75, 3.05) is 6.61 Å². The normalized spacial score (nSPS) is 16.5. The van der Waals surface area contributed by atoms with Crippen molar-refractivity contribution in [3.63, 3.8) is 0 Å². The first-order valence-electron chi connectivity index (χ1n) is 4.68. The van der Waals surface area contributed by atoms with E-state index in [1.807, 2.05) is 0 Å². The SMILES string of the molecule is CCCC(=O)OC[C@@H](O)[C@@H](O)[C@@H](O)C=O. The number of carbonyl (C=O) groups excluding carboxylic acids is 2. The minimum absolute atomic E-state index is 0.0990. The Hall–Kier alpha value is -0.980. The fourth-order valence-corrected chi connectivity index (χ4v) is 0.861. The van der Waals surface area contributed by atoms with E-state index < -0.39 is 30.9 Å². The summed E-state index contributed by atoms with van der Waals surface area (Å²) in [7, 11) is 0. The van der Waals surface area contributed by atoms with Crippen LogP contribution in [0.15, 0.2) is 0 Å². The van der Waals surface area contributed by atoms with Gasteiger partial charge in [0.1, 0.15) is 24.9 Å². The Morgan fingerprint density at radius 2 is 2.00 bits per heavy atom. The lowest BCUT2D eigenvalue weighted by atomic mass is 10.1. The fourth-order valence-electron chi connectivity index (χ4n) is 0.861. The third-order valence-corrected chi connectivity index (χ3v) is 1.75. The number of rotatable bonds is 7. The summed E-state index contributed by atoms with van der Waals surface area (Å²) in [6, 6.07) is 0. The van der Waals surface area contributed by atoms with Crippen LogP contribution in [0.2, 0.25) is 0 Å². The van der Waals surface area contributed by atoms with Gasteiger partial charge in [0.2, 0.25) is 0 Å². The first kappa shape index (κ1) is 14.0. The second-order valence-electron chi connectivity index (χ2n) is 3.12. The van der Waals surface area contributed by atoms with Crippen molar-refractivity contribution >= 4 is 12.3 Å². The van der Waals surface area contributed by atoms with Gasteiger partial charge in [-0.3, -0.25) is 4.79 Å². The molecule has 0 aromatic heterocycles. The number of carbonyl (C=O) groups is 2. The molecule has 0 aromatic rings. The number of hydrogen-bond acceptors (Lipinski definition) is 6. The maximum absolute atomic E-state index is 10.9. The first-order chi connectivity index (χ1) is 7.02. The van der Waals surface area contributed by atoms with Gasteiger partial charge in [0.05, 0.1) is 0 Å². The predicted molar refractivity (Wildman–Crippen MR) is 50.0 cm³/mol. The molecule has 6 nitrogen and oxygen atoms in total. The molecular formula is C9H16O6. The Labute approximate surface area is 87.5 Å². The zero-order chi connectivity index (χ0) is 11.8. The molecule has 15 heavy (non-hydrogen) atoms. The molecule has 0 spiro atoms. The summed E-state index contributed by atoms with van der Waals surface area (Å²) in [6.45, 7) is 1.35. The summed E-state index contributed by atoms with van der Waals surface area (Å²) in [4.78, 5) is 20.9. The van der Waals surface area contributed by atoms with Gasteiger partial charge in [-0.05, 0) is 6.42 Å². The number of aldehydes is 1. The van der Waals surface area contributed by atoms with Crippen LogP contribution in [0.3, 0.4) is 0 Å². The molecule has 0 saturated heterocycles. The fraction of sp³-hybridized carbons (Fsp3) is 0.778. The van der Waals surface area contributed by atoms with Gasteiger partial charge >= 0.3 is 5.97 Å². The lowest BCUT2D eigenvalue weighted by Crippen LogP contribution is -2.41. The molecule has 88 valence electrons. The third kappa shape index (κ3) is 5.46. The Bertz CT molecular complexity index is 205. The molecule has 0 aliphatic carbocycles. The Morgan fingerprint density at radius 3 is 2.47 bits per heavy atom. The molecule has 0 bridgehead atoms. The Morgan fingerprint density at radius 1 is 1.40 bits per heavy atom. The second kappa shape index (κ2) is 7.33. The van der Waals surface area contributed by atoms with Gasteiger partial charge in [-0.1, -0.05) is 6.92 Å². The lowest BCUT2D eigenvalue weighted by Gasteiger charge is -2.18. The van der Waals surface area contributed by atoms with Gasteiger partial charge in [0.25, 0.3) is 0 Å². The van der Waals surface area contributed by atoms with Crippen LogP contribution in [0.5, 0.6) is 0 Å². The first-order valence-corrected chi connectivity index (χ1v) is 4.68. The number of ether oxygens (including phenoxy) is 1. The van der Waals surface area contributed by atoms with Crippen LogP contribution in [-0.4, -0.2) is 52.5 Å². The second-order valence-corrected chi connectivity index (χ2v) is 3.12. The number of hydrogen-bond donors (Lipinski definition) is 3. The summed E-state index contributed by atoms with van der Waals surface area (Å²) in [5.41, 5.74) is 0. The smallest absolute Gasteiger partial charge is 0.305 e. The molecule has 0 saturated carbocycles. The maximum Gasteiger partial charge on any atom is 0.305 e. The lowest BCUT2D eigenvalue weighted by molar-refractivity contribution is -0.152. The van der Waals surface area contributed by atoms with Crippen LogP contribution < -0.4 is 0 Å². The van der Waals surface area contributed by atoms with Gasteiger partial charge in [0.15, 0.2) is 6.29 Å². The van der Waals surface area contributed by atoms with Crippen LogP contribution in [0.1, 0.15) is 19.8 Å². The summed E-state index contributed by atoms with van der Waals surface area (Å²) < 4.78 is 4.58. The van der Waals surface area contributed by atoms with Crippen LogP contribution in [0.25, 0.3) is 0 Å². The predicted octanol–water partition coefficient (Wildman–Crippen LogP) is -1.39. The molecule has 0 radical (unpaired) electrons. The maximum atomic E-state index is 10.9. The van der Waals surface area contributed by atoms with Gasteiger partial charge in [0, 0.05) is 6.42 Å². The van der Waals surface area contributed by atoms with Crippen molar-refractivity contribution in [1.82, 2.24) is 0 Å². The highest BCUT2D eigenvalue weighted by atomic mass is 16.5. The quantitative estimate of drug-likeness (QED) is 0.360. The highest BCUT2D eigenvalue weighted by Crippen LogP contribution is 2.00. The standard InChI is InChI=1S/C9H16O6/c1-2-3-8(13)15-5-7(12)9(14)6(11)4-10/h4,6-7,9,11-12,14H,2-3,5H2,1H3/t6-,7+,9-/m0/s1. The monoisotopic (exact) mass is 220 g/mol. The average molecular weight is 220 g/mol. The topological polar surface area (TPSA) is 104 Å². The van der Waals surface area contributed by atoms with E-state index >= 15 is 0 Å². The molecule has 0 rings (SSSR count). The van der Waals surface area contributed by atoms with E-state index in [9.17, 15) is 14.7 Å². The third-order valence-electron chi connectivity index (χ3n) is 1.75. The van der Waals surface area contributed by atoms with Crippen molar-refractivity contribution < 1.29 is 29.6 Å². The molecule has 0 unspecified atom stereocenters. The van der Waals surface area contributed by atoms with Crippen molar-refractivity contribution in [3.05, 3.63) is 0 Å². The summed E-state index contributed by atoms with van der Waals surface area (Å²) >= 11 is 0. The van der Waals surface area contributed by atoms with E-state index in [4.69, 9.17) is 10.2 Å². The number of aliphatic hydroxyl groups is 3. The molecule has 3 N–H and O–H groups in total. The van der Waals surface area contributed by atoms with Gasteiger partial charge in [-0.15, -0.1) is 0 Å². The van der Waals surface area contributed by atoms with Crippen molar-refractivity contribution in [2.24, 2.45) is 0 Å². The van der Waals surface area contributed by atoms with Crippen LogP contribution in [-0.2, 0) is 14.3 Å². The summed E-state index contributed by atoms with van der Waals surface area (Å²) in [6.07, 6.45) is -3.84. The molecule has 0 aliphatic heterocycles. The number of esters is 1. The molecule has 0 fully saturated rings. The molecular weight excluding hydrogens is 204 g/mol. The van der Waals surface area contributed by atoms with E-state index in [2.05, 4.69) is 4.74 Å². The van der Waals surface area contributed by atoms with Crippen molar-refractivity contribution in [3.8, 4) is 0 Å². The average Bonchev–Trinajstić information content (AvgIpc) is 2.24. The van der Waals surface area contributed by atoms with E-state index in [0.29, 0.717) is 6.42 Å². The zero-order valence-corrected chi connectivity index (χ0v) is 8.50. The van der Waals surface area contributed by atoms with Crippen LogP contribution in [0, 0.1) is 0 Å². The molecule has 0 amide bonds. The molecule has 0 aromatic carbocycles. The van der Waals surface area contributed by atoms with Crippen LogP contribution >= 0.6 is 0 Å². The van der Waals surface area contributed by atoms with Crippen LogP contribution in [0.4, 0.5) is 0 Å². The highest BCUT2D eigenvalue weighted by molar-refractivity contribution is 5.69. The molecule has 3 atom stereocenters.